The van der Waals surface area contributed by atoms with Crippen molar-refractivity contribution in [3.63, 3.8) is 0 Å². The molecule has 0 radical (unpaired) electrons. The predicted octanol–water partition coefficient (Wildman–Crippen LogP) is 3.02. The summed E-state index contributed by atoms with van der Waals surface area (Å²) in [5, 5.41) is 9.14. The summed E-state index contributed by atoms with van der Waals surface area (Å²) in [5.41, 5.74) is 1.01. The van der Waals surface area contributed by atoms with E-state index in [4.69, 9.17) is 6.42 Å². The first-order valence-corrected chi connectivity index (χ1v) is 11.8. The smallest absolute Gasteiger partial charge is 0.227 e. The van der Waals surface area contributed by atoms with Crippen molar-refractivity contribution in [3.05, 3.63) is 24.5 Å². The van der Waals surface area contributed by atoms with Crippen LogP contribution in [-0.4, -0.2) is 68.9 Å². The van der Waals surface area contributed by atoms with Crippen LogP contribution in [0.1, 0.15) is 25.7 Å². The molecule has 2 saturated heterocycles. The second kappa shape index (κ2) is 10.1. The van der Waals surface area contributed by atoms with Crippen LogP contribution in [0, 0.1) is 18.3 Å². The van der Waals surface area contributed by atoms with Gasteiger partial charge in [0, 0.05) is 49.9 Å². The summed E-state index contributed by atoms with van der Waals surface area (Å²) in [4.78, 5) is 9.34. The third-order valence-corrected chi connectivity index (χ3v) is 6.67. The number of aromatic nitrogens is 4. The van der Waals surface area contributed by atoms with E-state index in [9.17, 15) is 0 Å². The van der Waals surface area contributed by atoms with Crippen molar-refractivity contribution in [2.24, 2.45) is 5.92 Å². The molecule has 0 spiro atoms. The maximum absolute atomic E-state index is 5.41. The third-order valence-electron chi connectivity index (χ3n) is 5.83. The lowest BCUT2D eigenvalue weighted by molar-refractivity contribution is 0.201. The van der Waals surface area contributed by atoms with Gasteiger partial charge >= 0.3 is 0 Å². The Kier molecular flexibility index (Phi) is 7.07. The van der Waals surface area contributed by atoms with Gasteiger partial charge in [-0.15, -0.1) is 28.4 Å². The monoisotopic (exact) mass is 410 g/mol. The molecule has 2 aromatic rings. The van der Waals surface area contributed by atoms with E-state index in [0.29, 0.717) is 0 Å². The molecular weight excluding hydrogens is 380 g/mol. The highest BCUT2D eigenvalue weighted by molar-refractivity contribution is 7.99. The van der Waals surface area contributed by atoms with Crippen LogP contribution in [0.3, 0.4) is 0 Å². The van der Waals surface area contributed by atoms with Crippen LogP contribution < -0.4 is 4.90 Å². The molecule has 4 heterocycles. The van der Waals surface area contributed by atoms with Gasteiger partial charge in [0.2, 0.25) is 5.95 Å². The fraction of sp³-hybridized carbons (Fsp3) is 0.591. The quantitative estimate of drug-likeness (QED) is 0.493. The zero-order chi connectivity index (χ0) is 19.9. The summed E-state index contributed by atoms with van der Waals surface area (Å²) in [6.07, 6.45) is 14.4. The van der Waals surface area contributed by atoms with Crippen LogP contribution in [0.5, 0.6) is 0 Å². The lowest BCUT2D eigenvalue weighted by Gasteiger charge is -2.29. The molecule has 0 amide bonds. The highest BCUT2D eigenvalue weighted by Crippen LogP contribution is 2.28. The van der Waals surface area contributed by atoms with Crippen LogP contribution in [0.25, 0.3) is 11.4 Å². The lowest BCUT2D eigenvalue weighted by atomic mass is 10.1. The van der Waals surface area contributed by atoms with Crippen LogP contribution in [0.4, 0.5) is 5.95 Å². The van der Waals surface area contributed by atoms with Gasteiger partial charge in [0.25, 0.3) is 0 Å². The zero-order valence-corrected chi connectivity index (χ0v) is 17.9. The van der Waals surface area contributed by atoms with Gasteiger partial charge in [0.1, 0.15) is 0 Å². The first-order valence-electron chi connectivity index (χ1n) is 10.7. The zero-order valence-electron chi connectivity index (χ0n) is 17.0. The highest BCUT2D eigenvalue weighted by atomic mass is 32.2. The number of rotatable bonds is 8. The van der Waals surface area contributed by atoms with E-state index in [-0.39, 0.29) is 0 Å². The fourth-order valence-corrected chi connectivity index (χ4v) is 4.97. The maximum Gasteiger partial charge on any atom is 0.227 e. The number of thioether (sulfide) groups is 1. The molecule has 0 bridgehead atoms. The van der Waals surface area contributed by atoms with Crippen molar-refractivity contribution in [1.82, 2.24) is 24.6 Å². The molecule has 7 heteroatoms. The average Bonchev–Trinajstić information content (AvgIpc) is 3.39. The van der Waals surface area contributed by atoms with Crippen molar-refractivity contribution in [2.45, 2.75) is 32.2 Å². The van der Waals surface area contributed by atoms with Gasteiger partial charge < -0.3 is 9.80 Å². The topological polar surface area (TPSA) is 50.1 Å². The molecule has 154 valence electrons. The normalized spacial score (nSPS) is 20.1. The van der Waals surface area contributed by atoms with Crippen molar-refractivity contribution >= 4 is 17.7 Å². The number of hydrogen-bond acceptors (Lipinski definition) is 6. The molecule has 2 aliphatic heterocycles. The van der Waals surface area contributed by atoms with E-state index in [1.165, 1.54) is 45.3 Å². The van der Waals surface area contributed by atoms with Gasteiger partial charge in [0.15, 0.2) is 5.82 Å². The Labute approximate surface area is 178 Å². The molecule has 0 aromatic carbocycles. The summed E-state index contributed by atoms with van der Waals surface area (Å²) in [6.45, 7) is 6.74. The molecule has 0 saturated carbocycles. The number of pyridine rings is 1. The van der Waals surface area contributed by atoms with Gasteiger partial charge in [-0.05, 0) is 50.4 Å². The highest BCUT2D eigenvalue weighted by Gasteiger charge is 2.29. The minimum Gasteiger partial charge on any atom is -0.341 e. The van der Waals surface area contributed by atoms with Gasteiger partial charge in [-0.1, -0.05) is 12.3 Å². The fourth-order valence-electron chi connectivity index (χ4n) is 4.40. The standard InChI is InChI=1S/C22H30N6S/c1-2-14-29-15-13-28-21(20-7-6-9-23-16-20)24-25-22(28)27-12-8-19(18-27)17-26-10-4-3-5-11-26/h1,6-7,9,16,19H,3-5,8,10-15,17-18H2. The number of anilines is 1. The minimum atomic E-state index is 0.718. The molecule has 0 N–H and O–H groups in total. The number of likely N-dealkylation sites (tertiary alicyclic amines) is 1. The number of terminal acetylenes is 1. The molecule has 0 aliphatic carbocycles. The minimum absolute atomic E-state index is 0.718. The summed E-state index contributed by atoms with van der Waals surface area (Å²) in [6, 6.07) is 4.00. The van der Waals surface area contributed by atoms with E-state index in [0.717, 1.165) is 54.4 Å². The van der Waals surface area contributed by atoms with E-state index in [1.807, 2.05) is 12.3 Å². The SMILES string of the molecule is C#CCSCCn1c(-c2cccnc2)nnc1N1CCC(CN2CCCCC2)C1. The van der Waals surface area contributed by atoms with E-state index in [2.05, 4.69) is 41.5 Å². The molecule has 29 heavy (non-hydrogen) atoms. The predicted molar refractivity (Wildman–Crippen MR) is 120 cm³/mol. The molecule has 1 atom stereocenters. The first-order chi connectivity index (χ1) is 14.3. The van der Waals surface area contributed by atoms with Crippen molar-refractivity contribution in [2.75, 3.05) is 49.1 Å². The van der Waals surface area contributed by atoms with Crippen LogP contribution >= 0.6 is 11.8 Å². The van der Waals surface area contributed by atoms with E-state index in [1.54, 1.807) is 18.0 Å². The summed E-state index contributed by atoms with van der Waals surface area (Å²) in [7, 11) is 0. The molecular formula is C22H30N6S. The molecule has 6 nitrogen and oxygen atoms in total. The maximum atomic E-state index is 5.41. The molecule has 2 fully saturated rings. The molecule has 1 unspecified atom stereocenters. The molecule has 2 aliphatic rings. The van der Waals surface area contributed by atoms with Crippen molar-refractivity contribution in [1.29, 1.82) is 0 Å². The number of nitrogens with zero attached hydrogens (tertiary/aromatic N) is 6. The second-order valence-electron chi connectivity index (χ2n) is 7.94. The van der Waals surface area contributed by atoms with Crippen LogP contribution in [0.15, 0.2) is 24.5 Å². The van der Waals surface area contributed by atoms with Gasteiger partial charge in [0.05, 0.1) is 5.75 Å². The van der Waals surface area contributed by atoms with Gasteiger partial charge in [-0.2, -0.15) is 0 Å². The Bertz CT molecular complexity index is 808. The Balaban J connectivity index is 1.47. The van der Waals surface area contributed by atoms with Gasteiger partial charge in [-0.25, -0.2) is 0 Å². The van der Waals surface area contributed by atoms with Crippen molar-refractivity contribution in [3.8, 4) is 23.7 Å². The Morgan fingerprint density at radius 1 is 1.17 bits per heavy atom. The molecule has 4 rings (SSSR count). The number of hydrogen-bond donors (Lipinski definition) is 0. The average molecular weight is 411 g/mol. The Morgan fingerprint density at radius 3 is 2.86 bits per heavy atom. The van der Waals surface area contributed by atoms with E-state index >= 15 is 0 Å². The summed E-state index contributed by atoms with van der Waals surface area (Å²) < 4.78 is 2.25. The Hall–Kier alpha value is -2.04. The third kappa shape index (κ3) is 5.12. The van der Waals surface area contributed by atoms with Crippen LogP contribution in [-0.2, 0) is 6.54 Å². The van der Waals surface area contributed by atoms with Crippen LogP contribution in [0.2, 0.25) is 0 Å². The van der Waals surface area contributed by atoms with Crippen molar-refractivity contribution < 1.29 is 0 Å². The summed E-state index contributed by atoms with van der Waals surface area (Å²) in [5.74, 6) is 7.00. The summed E-state index contributed by atoms with van der Waals surface area (Å²) >= 11 is 1.78. The first kappa shape index (κ1) is 20.2. The van der Waals surface area contributed by atoms with Gasteiger partial charge in [-0.3, -0.25) is 9.55 Å². The Morgan fingerprint density at radius 2 is 2.07 bits per heavy atom. The van der Waals surface area contributed by atoms with E-state index < -0.39 is 0 Å². The lowest BCUT2D eigenvalue weighted by Crippen LogP contribution is -2.35. The second-order valence-corrected chi connectivity index (χ2v) is 9.04. The molecule has 2 aromatic heterocycles. The number of piperidine rings is 1. The largest absolute Gasteiger partial charge is 0.341 e.